The third-order valence-electron chi connectivity index (χ3n) is 3.83. The molecule has 0 aliphatic heterocycles. The van der Waals surface area contributed by atoms with E-state index in [9.17, 15) is 14.4 Å². The predicted octanol–water partition coefficient (Wildman–Crippen LogP) is 3.86. The maximum absolute atomic E-state index is 12.5. The van der Waals surface area contributed by atoms with E-state index in [0.29, 0.717) is 24.3 Å². The first-order valence-corrected chi connectivity index (χ1v) is 10.5. The highest BCUT2D eigenvalue weighted by Crippen LogP contribution is 2.22. The average molecular weight is 439 g/mol. The maximum atomic E-state index is 12.5. The number of hydrogen-bond acceptors (Lipinski definition) is 8. The van der Waals surface area contributed by atoms with E-state index in [1.807, 2.05) is 12.1 Å². The third kappa shape index (κ3) is 10.5. The summed E-state index contributed by atoms with van der Waals surface area (Å²) in [5.41, 5.74) is 1.48. The lowest BCUT2D eigenvalue weighted by atomic mass is 9.87. The van der Waals surface area contributed by atoms with E-state index in [0.717, 1.165) is 23.7 Å². The van der Waals surface area contributed by atoms with E-state index < -0.39 is 18.0 Å². The Morgan fingerprint density at radius 3 is 2.37 bits per heavy atom. The van der Waals surface area contributed by atoms with Crippen LogP contribution in [0.2, 0.25) is 0 Å². The molecule has 0 bridgehead atoms. The summed E-state index contributed by atoms with van der Waals surface area (Å²) in [6, 6.07) is 7.20. The summed E-state index contributed by atoms with van der Waals surface area (Å²) in [7, 11) is 0. The first-order valence-electron chi connectivity index (χ1n) is 9.62. The van der Waals surface area contributed by atoms with Crippen molar-refractivity contribution in [1.82, 2.24) is 0 Å². The van der Waals surface area contributed by atoms with Crippen molar-refractivity contribution in [2.75, 3.05) is 25.6 Å². The molecule has 7 nitrogen and oxygen atoms in total. The Morgan fingerprint density at radius 1 is 1.13 bits per heavy atom. The molecule has 1 rings (SSSR count). The second-order valence-corrected chi connectivity index (χ2v) is 8.32. The summed E-state index contributed by atoms with van der Waals surface area (Å²) in [5.74, 6) is -0.907. The van der Waals surface area contributed by atoms with E-state index >= 15 is 0 Å². The summed E-state index contributed by atoms with van der Waals surface area (Å²) in [4.78, 5) is 34.5. The monoisotopic (exact) mass is 438 g/mol. The van der Waals surface area contributed by atoms with Crippen molar-refractivity contribution in [2.24, 2.45) is 0 Å². The Kier molecular flexibility index (Phi) is 11.2. The fraction of sp³-hybridized carbons (Fsp3) is 0.500. The Bertz CT molecular complexity index is 707. The lowest BCUT2D eigenvalue weighted by molar-refractivity contribution is -0.142. The molecule has 8 heteroatoms. The SMILES string of the molecule is C=CC(=O)OCC(COCCCSOC(C)=O)OC(=O)c1ccc(C(C)(C)C)cc1. The summed E-state index contributed by atoms with van der Waals surface area (Å²) < 4.78 is 20.8. The van der Waals surface area contributed by atoms with Gasteiger partial charge in [0.1, 0.15) is 6.61 Å². The molecule has 0 N–H and O–H groups in total. The zero-order valence-electron chi connectivity index (χ0n) is 18.0. The van der Waals surface area contributed by atoms with Crippen molar-refractivity contribution in [3.05, 3.63) is 48.0 Å². The molecule has 0 heterocycles. The topological polar surface area (TPSA) is 88.1 Å². The van der Waals surface area contributed by atoms with E-state index in [4.69, 9.17) is 18.4 Å². The molecule has 0 saturated heterocycles. The third-order valence-corrected chi connectivity index (χ3v) is 4.64. The van der Waals surface area contributed by atoms with Gasteiger partial charge in [0, 0.05) is 25.4 Å². The molecule has 0 saturated carbocycles. The minimum Gasteiger partial charge on any atom is -0.458 e. The highest BCUT2D eigenvalue weighted by Gasteiger charge is 2.19. The number of rotatable bonds is 12. The highest BCUT2D eigenvalue weighted by atomic mass is 32.2. The van der Waals surface area contributed by atoms with Crippen LogP contribution in [-0.4, -0.2) is 49.6 Å². The van der Waals surface area contributed by atoms with Crippen molar-refractivity contribution in [1.29, 1.82) is 0 Å². The van der Waals surface area contributed by atoms with Gasteiger partial charge in [-0.2, -0.15) is 0 Å². The highest BCUT2D eigenvalue weighted by molar-refractivity contribution is 7.95. The Morgan fingerprint density at radius 2 is 1.80 bits per heavy atom. The zero-order chi connectivity index (χ0) is 22.6. The zero-order valence-corrected chi connectivity index (χ0v) is 18.8. The summed E-state index contributed by atoms with van der Waals surface area (Å²) in [5, 5.41) is 0. The number of esters is 2. The Labute approximate surface area is 182 Å². The van der Waals surface area contributed by atoms with E-state index in [2.05, 4.69) is 27.4 Å². The van der Waals surface area contributed by atoms with Crippen LogP contribution >= 0.6 is 12.0 Å². The molecular weight excluding hydrogens is 408 g/mol. The van der Waals surface area contributed by atoms with Gasteiger partial charge in [0.15, 0.2) is 6.10 Å². The molecule has 0 amide bonds. The number of carbonyl (C=O) groups excluding carboxylic acids is 3. The van der Waals surface area contributed by atoms with Crippen LogP contribution in [0.4, 0.5) is 0 Å². The van der Waals surface area contributed by atoms with E-state index in [-0.39, 0.29) is 24.6 Å². The molecule has 0 radical (unpaired) electrons. The quantitative estimate of drug-likeness (QED) is 0.210. The molecule has 0 aromatic heterocycles. The average Bonchev–Trinajstić information content (AvgIpc) is 2.69. The first kappa shape index (κ1) is 25.7. The largest absolute Gasteiger partial charge is 0.458 e. The lowest BCUT2D eigenvalue weighted by Crippen LogP contribution is -2.30. The molecular formula is C22H30O7S. The normalized spacial score (nSPS) is 12.0. The van der Waals surface area contributed by atoms with E-state index in [1.165, 1.54) is 6.92 Å². The van der Waals surface area contributed by atoms with Gasteiger partial charge < -0.3 is 18.4 Å². The van der Waals surface area contributed by atoms with Crippen LogP contribution in [0.5, 0.6) is 0 Å². The van der Waals surface area contributed by atoms with Gasteiger partial charge in [0.25, 0.3) is 0 Å². The molecule has 0 spiro atoms. The summed E-state index contributed by atoms with van der Waals surface area (Å²) in [6.07, 6.45) is 0.918. The molecule has 0 fully saturated rings. The Hall–Kier alpha value is -2.32. The standard InChI is InChI=1S/C22H30O7S/c1-6-20(24)27-15-19(14-26-12-7-13-30-29-16(2)23)28-21(25)17-8-10-18(11-9-17)22(3,4)5/h6,8-11,19H,1,7,12-15H2,2-5H3. The Balaban J connectivity index is 2.57. The fourth-order valence-corrected chi connectivity index (χ4v) is 2.72. The fourth-order valence-electron chi connectivity index (χ4n) is 2.24. The lowest BCUT2D eigenvalue weighted by Gasteiger charge is -2.20. The van der Waals surface area contributed by atoms with Crippen molar-refractivity contribution in [3.63, 3.8) is 0 Å². The molecule has 166 valence electrons. The first-order chi connectivity index (χ1) is 14.1. The van der Waals surface area contributed by atoms with Gasteiger partial charge in [-0.15, -0.1) is 0 Å². The van der Waals surface area contributed by atoms with Crippen LogP contribution in [-0.2, 0) is 33.4 Å². The second kappa shape index (κ2) is 13.1. The van der Waals surface area contributed by atoms with Crippen LogP contribution in [0.25, 0.3) is 0 Å². The minimum atomic E-state index is -0.759. The molecule has 1 aromatic carbocycles. The van der Waals surface area contributed by atoms with Gasteiger partial charge in [-0.25, -0.2) is 9.59 Å². The predicted molar refractivity (Wildman–Crippen MR) is 115 cm³/mol. The van der Waals surface area contributed by atoms with Gasteiger partial charge in [-0.3, -0.25) is 4.79 Å². The van der Waals surface area contributed by atoms with Crippen molar-refractivity contribution >= 4 is 30.0 Å². The van der Waals surface area contributed by atoms with Gasteiger partial charge >= 0.3 is 17.9 Å². The van der Waals surface area contributed by atoms with Crippen molar-refractivity contribution in [3.8, 4) is 0 Å². The van der Waals surface area contributed by atoms with Crippen LogP contribution in [0.3, 0.4) is 0 Å². The van der Waals surface area contributed by atoms with Crippen LogP contribution < -0.4 is 0 Å². The van der Waals surface area contributed by atoms with Crippen LogP contribution in [0.1, 0.15) is 50.0 Å². The molecule has 30 heavy (non-hydrogen) atoms. The van der Waals surface area contributed by atoms with E-state index in [1.54, 1.807) is 12.1 Å². The maximum Gasteiger partial charge on any atom is 0.338 e. The number of ether oxygens (including phenoxy) is 3. The molecule has 0 aliphatic rings. The van der Waals surface area contributed by atoms with Crippen LogP contribution in [0, 0.1) is 0 Å². The second-order valence-electron chi connectivity index (χ2n) is 7.51. The molecule has 1 aromatic rings. The molecule has 1 unspecified atom stereocenters. The number of benzene rings is 1. The van der Waals surface area contributed by atoms with Crippen LogP contribution in [0.15, 0.2) is 36.9 Å². The van der Waals surface area contributed by atoms with Gasteiger partial charge in [-0.05, 0) is 29.5 Å². The summed E-state index contributed by atoms with van der Waals surface area (Å²) in [6.45, 7) is 11.2. The molecule has 1 atom stereocenters. The summed E-state index contributed by atoms with van der Waals surface area (Å²) >= 11 is 1.05. The number of hydrogen-bond donors (Lipinski definition) is 0. The minimum absolute atomic E-state index is 0.0224. The molecule has 0 aliphatic carbocycles. The number of carbonyl (C=O) groups is 3. The van der Waals surface area contributed by atoms with Crippen molar-refractivity contribution in [2.45, 2.75) is 45.6 Å². The smallest absolute Gasteiger partial charge is 0.338 e. The van der Waals surface area contributed by atoms with Gasteiger partial charge in [0.2, 0.25) is 0 Å². The van der Waals surface area contributed by atoms with Gasteiger partial charge in [-0.1, -0.05) is 39.5 Å². The van der Waals surface area contributed by atoms with Crippen molar-refractivity contribution < 1.29 is 32.8 Å². The van der Waals surface area contributed by atoms with Gasteiger partial charge in [0.05, 0.1) is 24.2 Å².